The van der Waals surface area contributed by atoms with Crippen molar-refractivity contribution in [1.29, 1.82) is 0 Å². The third-order valence-electron chi connectivity index (χ3n) is 5.66. The van der Waals surface area contributed by atoms with Crippen LogP contribution >= 0.6 is 11.6 Å². The summed E-state index contributed by atoms with van der Waals surface area (Å²) in [4.78, 5) is 13.0. The molecule has 0 bridgehead atoms. The number of rotatable bonds is 8. The van der Waals surface area contributed by atoms with Crippen LogP contribution in [0.5, 0.6) is 5.75 Å². The first kappa shape index (κ1) is 23.6. The molecule has 1 aliphatic carbocycles. The number of benzene rings is 3. The Morgan fingerprint density at radius 3 is 2.41 bits per heavy atom. The maximum absolute atomic E-state index is 13.0. The van der Waals surface area contributed by atoms with E-state index in [0.29, 0.717) is 39.8 Å². The number of hydrogen-bond donors (Lipinski definition) is 1. The molecule has 0 spiro atoms. The quantitative estimate of drug-likeness (QED) is 0.152. The number of nitrogens with zero attached hydrogens (tertiary/aromatic N) is 1. The molecule has 0 atom stereocenters. The second-order valence-corrected chi connectivity index (χ2v) is 8.43. The normalized spacial score (nSPS) is 14.1. The van der Waals surface area contributed by atoms with Gasteiger partial charge in [0.2, 0.25) is 0 Å². The lowest BCUT2D eigenvalue weighted by Gasteiger charge is -2.10. The Morgan fingerprint density at radius 1 is 1.00 bits per heavy atom. The third-order valence-corrected chi connectivity index (χ3v) is 5.91. The Labute approximate surface area is 204 Å². The van der Waals surface area contributed by atoms with E-state index in [-0.39, 0.29) is 6.61 Å². The average Bonchev–Trinajstić information content (AvgIpc) is 3.18. The number of esters is 1. The molecule has 4 rings (SSSR count). The lowest BCUT2D eigenvalue weighted by Crippen LogP contribution is -2.22. The Kier molecular flexibility index (Phi) is 7.33. The first-order valence-electron chi connectivity index (χ1n) is 11.3. The lowest BCUT2D eigenvalue weighted by molar-refractivity contribution is -0.753. The van der Waals surface area contributed by atoms with E-state index in [2.05, 4.69) is 12.1 Å². The Bertz CT molecular complexity index is 1240. The van der Waals surface area contributed by atoms with Crippen molar-refractivity contribution in [1.82, 2.24) is 0 Å². The van der Waals surface area contributed by atoms with Gasteiger partial charge in [-0.3, -0.25) is 5.21 Å². The molecule has 5 nitrogen and oxygen atoms in total. The van der Waals surface area contributed by atoms with E-state index in [0.717, 1.165) is 28.7 Å². The number of carbonyl (C=O) groups is 1. The monoisotopic (exact) mass is 476 g/mol. The smallest absolute Gasteiger partial charge is 0.345 e. The van der Waals surface area contributed by atoms with Gasteiger partial charge >= 0.3 is 5.97 Å². The number of ether oxygens (including phenoxy) is 2. The molecule has 174 valence electrons. The number of hydrogen-bond acceptors (Lipinski definition) is 4. The van der Waals surface area contributed by atoms with E-state index < -0.39 is 5.97 Å². The van der Waals surface area contributed by atoms with E-state index in [1.165, 1.54) is 12.6 Å². The van der Waals surface area contributed by atoms with Gasteiger partial charge in [0.05, 0.1) is 18.8 Å². The number of hydroxylamine groups is 1. The molecule has 0 amide bonds. The minimum absolute atomic E-state index is 0.227. The molecule has 0 unspecified atom stereocenters. The van der Waals surface area contributed by atoms with Gasteiger partial charge in [-0.1, -0.05) is 54.1 Å². The van der Waals surface area contributed by atoms with E-state index in [4.69, 9.17) is 21.1 Å². The van der Waals surface area contributed by atoms with Crippen molar-refractivity contribution in [2.24, 2.45) is 0 Å². The largest absolute Gasteiger partial charge is 0.494 e. The molecule has 3 aromatic rings. The number of carbonyl (C=O) groups excluding carboxylic acids is 1. The molecular formula is C28H27ClNO4+. The zero-order chi connectivity index (χ0) is 24.1. The highest BCUT2D eigenvalue weighted by molar-refractivity contribution is 6.35. The summed E-state index contributed by atoms with van der Waals surface area (Å²) in [6, 6.07) is 23.2. The summed E-state index contributed by atoms with van der Waals surface area (Å²) in [7, 11) is 1.50. The average molecular weight is 477 g/mol. The molecule has 0 saturated carbocycles. The highest BCUT2D eigenvalue weighted by Gasteiger charge is 2.40. The minimum Gasteiger partial charge on any atom is -0.494 e. The molecule has 3 aromatic carbocycles. The van der Waals surface area contributed by atoms with Gasteiger partial charge < -0.3 is 9.47 Å². The summed E-state index contributed by atoms with van der Waals surface area (Å²) in [5.41, 5.74) is 4.99. The molecular weight excluding hydrogens is 450 g/mol. The van der Waals surface area contributed by atoms with Gasteiger partial charge in [-0.2, -0.15) is 0 Å². The molecule has 1 N–H and O–H groups in total. The zero-order valence-electron chi connectivity index (χ0n) is 19.3. The highest BCUT2D eigenvalue weighted by atomic mass is 35.5. The van der Waals surface area contributed by atoms with Crippen LogP contribution in [0.1, 0.15) is 35.6 Å². The van der Waals surface area contributed by atoms with Crippen molar-refractivity contribution in [3.8, 4) is 5.75 Å². The van der Waals surface area contributed by atoms with E-state index in [1.807, 2.05) is 48.5 Å². The zero-order valence-corrected chi connectivity index (χ0v) is 20.0. The van der Waals surface area contributed by atoms with Crippen LogP contribution in [0.3, 0.4) is 0 Å². The number of halogens is 1. The van der Waals surface area contributed by atoms with Crippen LogP contribution < -0.4 is 4.74 Å². The van der Waals surface area contributed by atoms with Crippen molar-refractivity contribution >= 4 is 28.9 Å². The van der Waals surface area contributed by atoms with Crippen LogP contribution in [0.15, 0.2) is 78.4 Å². The Morgan fingerprint density at radius 2 is 1.74 bits per heavy atom. The second kappa shape index (κ2) is 10.6. The van der Waals surface area contributed by atoms with Crippen LogP contribution in [0.25, 0.3) is 5.57 Å². The maximum atomic E-state index is 13.0. The van der Waals surface area contributed by atoms with Gasteiger partial charge in [0, 0.05) is 10.6 Å². The molecule has 0 fully saturated rings. The van der Waals surface area contributed by atoms with Gasteiger partial charge in [-0.25, -0.2) is 4.79 Å². The molecule has 0 saturated heterocycles. The van der Waals surface area contributed by atoms with Gasteiger partial charge in [0.25, 0.3) is 5.71 Å². The van der Waals surface area contributed by atoms with E-state index >= 15 is 0 Å². The molecule has 0 radical (unpaired) electrons. The van der Waals surface area contributed by atoms with Crippen LogP contribution in [-0.4, -0.2) is 41.9 Å². The second-order valence-electron chi connectivity index (χ2n) is 7.99. The first-order chi connectivity index (χ1) is 16.5. The van der Waals surface area contributed by atoms with Crippen molar-refractivity contribution in [2.75, 3.05) is 20.3 Å². The fraction of sp³-hybridized carbons (Fsp3) is 0.214. The predicted octanol–water partition coefficient (Wildman–Crippen LogP) is 5.55. The highest BCUT2D eigenvalue weighted by Crippen LogP contribution is 2.40. The SMILES string of the molecule is CCOC(=O)C1=C(c2ccc(Cl)cc2)c2ccc(OCCCc3ccccc3)cc2C1=[N+](C)O. The maximum Gasteiger partial charge on any atom is 0.345 e. The lowest BCUT2D eigenvalue weighted by atomic mass is 9.97. The van der Waals surface area contributed by atoms with Crippen molar-refractivity contribution in [2.45, 2.75) is 19.8 Å². The summed E-state index contributed by atoms with van der Waals surface area (Å²) in [6.07, 6.45) is 1.80. The molecule has 34 heavy (non-hydrogen) atoms. The van der Waals surface area contributed by atoms with Gasteiger partial charge in [-0.15, -0.1) is 0 Å². The summed E-state index contributed by atoms with van der Waals surface area (Å²) in [5.74, 6) is 0.177. The Balaban J connectivity index is 1.66. The van der Waals surface area contributed by atoms with Crippen molar-refractivity contribution in [3.05, 3.63) is 106 Å². The summed E-state index contributed by atoms with van der Waals surface area (Å²) in [6.45, 7) is 2.54. The standard InChI is InChI=1S/C28H27ClNO4/c1-3-33-28(31)26-25(20-11-13-21(29)14-12-20)23-16-15-22(18-24(23)27(26)30(2)32)34-17-7-10-19-8-5-4-6-9-19/h4-6,8-9,11-16,18,32H,3,7,10,17H2,1-2H3/q+1. The molecule has 0 aliphatic heterocycles. The van der Waals surface area contributed by atoms with Crippen LogP contribution in [0.4, 0.5) is 0 Å². The molecule has 6 heteroatoms. The number of fused-ring (bicyclic) bond motifs is 1. The van der Waals surface area contributed by atoms with Crippen LogP contribution in [-0.2, 0) is 16.0 Å². The van der Waals surface area contributed by atoms with Crippen LogP contribution in [0, 0.1) is 0 Å². The molecule has 1 aliphatic rings. The van der Waals surface area contributed by atoms with Gasteiger partial charge in [0.15, 0.2) is 7.05 Å². The molecule has 0 aromatic heterocycles. The fourth-order valence-electron chi connectivity index (χ4n) is 4.18. The number of aryl methyl sites for hydroxylation is 1. The minimum atomic E-state index is -0.495. The van der Waals surface area contributed by atoms with Crippen molar-refractivity contribution in [3.63, 3.8) is 0 Å². The summed E-state index contributed by atoms with van der Waals surface area (Å²) < 4.78 is 12.3. The Hall–Kier alpha value is -3.57. The van der Waals surface area contributed by atoms with Gasteiger partial charge in [0.1, 0.15) is 11.3 Å². The first-order valence-corrected chi connectivity index (χ1v) is 11.7. The van der Waals surface area contributed by atoms with Gasteiger partial charge in [-0.05, 0) is 71.5 Å². The summed E-state index contributed by atoms with van der Waals surface area (Å²) >= 11 is 6.09. The molecule has 0 heterocycles. The topological polar surface area (TPSA) is 58.8 Å². The van der Waals surface area contributed by atoms with Crippen molar-refractivity contribution < 1.29 is 24.2 Å². The van der Waals surface area contributed by atoms with E-state index in [1.54, 1.807) is 19.1 Å². The van der Waals surface area contributed by atoms with Crippen LogP contribution in [0.2, 0.25) is 5.02 Å². The fourth-order valence-corrected chi connectivity index (χ4v) is 4.31. The third kappa shape index (κ3) is 5.00. The van der Waals surface area contributed by atoms with E-state index in [9.17, 15) is 10.0 Å². The summed E-state index contributed by atoms with van der Waals surface area (Å²) in [5, 5.41) is 11.1. The predicted molar refractivity (Wildman–Crippen MR) is 133 cm³/mol.